The van der Waals surface area contributed by atoms with Crippen LogP contribution in [0, 0.1) is 25.5 Å². The molecular weight excluding hydrogens is 406 g/mol. The summed E-state index contributed by atoms with van der Waals surface area (Å²) >= 11 is 1.11. The van der Waals surface area contributed by atoms with Crippen molar-refractivity contribution < 1.29 is 13.6 Å². The van der Waals surface area contributed by atoms with Gasteiger partial charge in [-0.2, -0.15) is 0 Å². The van der Waals surface area contributed by atoms with Crippen molar-refractivity contribution >= 4 is 32.6 Å². The van der Waals surface area contributed by atoms with E-state index in [1.54, 1.807) is 17.4 Å². The minimum atomic E-state index is -0.732. The molecule has 0 spiro atoms. The Morgan fingerprint density at radius 3 is 2.60 bits per heavy atom. The lowest BCUT2D eigenvalue weighted by atomic mass is 10.1. The molecule has 0 bridgehead atoms. The van der Waals surface area contributed by atoms with E-state index in [0.717, 1.165) is 28.5 Å². The first kappa shape index (κ1) is 20.2. The van der Waals surface area contributed by atoms with Gasteiger partial charge < -0.3 is 4.57 Å². The molecule has 0 fully saturated rings. The molecule has 0 radical (unpaired) electrons. The van der Waals surface area contributed by atoms with Gasteiger partial charge in [0, 0.05) is 37.1 Å². The Morgan fingerprint density at radius 2 is 1.90 bits per heavy atom. The Balaban J connectivity index is 1.69. The van der Waals surface area contributed by atoms with Gasteiger partial charge in [-0.3, -0.25) is 9.69 Å². The lowest BCUT2D eigenvalue weighted by Crippen LogP contribution is -2.32. The number of hydrogen-bond acceptors (Lipinski definition) is 4. The first-order valence-electron chi connectivity index (χ1n) is 9.52. The fourth-order valence-electron chi connectivity index (χ4n) is 3.43. The van der Waals surface area contributed by atoms with Gasteiger partial charge in [0.2, 0.25) is 0 Å². The van der Waals surface area contributed by atoms with Gasteiger partial charge >= 0.3 is 0 Å². The number of fused-ring (bicyclic) bond motifs is 1. The van der Waals surface area contributed by atoms with Crippen molar-refractivity contribution in [3.8, 4) is 0 Å². The zero-order valence-corrected chi connectivity index (χ0v) is 17.4. The molecule has 0 unspecified atom stereocenters. The molecule has 2 aromatic carbocycles. The number of thiazole rings is 1. The number of anilines is 1. The van der Waals surface area contributed by atoms with Crippen molar-refractivity contribution in [1.82, 2.24) is 14.5 Å². The van der Waals surface area contributed by atoms with Crippen LogP contribution < -0.4 is 4.90 Å². The predicted molar refractivity (Wildman–Crippen MR) is 114 cm³/mol. The van der Waals surface area contributed by atoms with Crippen LogP contribution in [-0.2, 0) is 6.54 Å². The summed E-state index contributed by atoms with van der Waals surface area (Å²) in [6.07, 6.45) is 5.92. The highest BCUT2D eigenvalue weighted by molar-refractivity contribution is 7.22. The molecular formula is C22H20F2N4OS. The first-order chi connectivity index (χ1) is 14.4. The average Bonchev–Trinajstić information content (AvgIpc) is 3.33. The molecule has 2 heterocycles. The molecule has 0 aliphatic carbocycles. The van der Waals surface area contributed by atoms with Crippen LogP contribution in [0.15, 0.2) is 49.1 Å². The topological polar surface area (TPSA) is 51.0 Å². The van der Waals surface area contributed by atoms with E-state index in [1.165, 1.54) is 6.07 Å². The smallest absolute Gasteiger partial charge is 0.260 e. The van der Waals surface area contributed by atoms with E-state index in [2.05, 4.69) is 9.97 Å². The Bertz CT molecular complexity index is 1180. The number of amides is 1. The van der Waals surface area contributed by atoms with Crippen molar-refractivity contribution in [2.24, 2.45) is 0 Å². The fourth-order valence-corrected chi connectivity index (χ4v) is 4.46. The number of halogens is 2. The molecule has 0 saturated carbocycles. The number of aromatic nitrogens is 3. The van der Waals surface area contributed by atoms with E-state index < -0.39 is 11.6 Å². The summed E-state index contributed by atoms with van der Waals surface area (Å²) in [6, 6.07) is 7.69. The summed E-state index contributed by atoms with van der Waals surface area (Å²) in [5.41, 5.74) is 2.58. The molecule has 0 N–H and O–H groups in total. The van der Waals surface area contributed by atoms with Gasteiger partial charge in [0.15, 0.2) is 10.9 Å². The molecule has 1 amide bonds. The van der Waals surface area contributed by atoms with Gasteiger partial charge in [0.25, 0.3) is 5.91 Å². The highest BCUT2D eigenvalue weighted by Gasteiger charge is 2.23. The molecule has 0 atom stereocenters. The highest BCUT2D eigenvalue weighted by Crippen LogP contribution is 2.32. The number of nitrogens with zero attached hydrogens (tertiary/aromatic N) is 4. The van der Waals surface area contributed by atoms with Gasteiger partial charge in [0.05, 0.1) is 11.0 Å². The summed E-state index contributed by atoms with van der Waals surface area (Å²) in [5, 5.41) is 0.351. The van der Waals surface area contributed by atoms with Crippen LogP contribution in [0.4, 0.5) is 13.9 Å². The average molecular weight is 426 g/mol. The van der Waals surface area contributed by atoms with E-state index in [0.29, 0.717) is 34.9 Å². The normalized spacial score (nSPS) is 11.2. The molecule has 0 saturated heterocycles. The molecule has 4 rings (SSSR count). The first-order valence-corrected chi connectivity index (χ1v) is 10.3. The van der Waals surface area contributed by atoms with Crippen molar-refractivity contribution in [3.63, 3.8) is 0 Å². The van der Waals surface area contributed by atoms with Gasteiger partial charge in [-0.05, 0) is 38.5 Å². The van der Waals surface area contributed by atoms with E-state index in [1.807, 2.05) is 42.8 Å². The monoisotopic (exact) mass is 426 g/mol. The van der Waals surface area contributed by atoms with Crippen LogP contribution in [0.1, 0.15) is 27.9 Å². The van der Waals surface area contributed by atoms with Crippen LogP contribution in [0.25, 0.3) is 10.2 Å². The van der Waals surface area contributed by atoms with Crippen molar-refractivity contribution in [1.29, 1.82) is 0 Å². The summed E-state index contributed by atoms with van der Waals surface area (Å²) in [5.74, 6) is -1.61. The Kier molecular flexibility index (Phi) is 5.59. The van der Waals surface area contributed by atoms with Crippen molar-refractivity contribution in [2.45, 2.75) is 26.8 Å². The second kappa shape index (κ2) is 8.31. The largest absolute Gasteiger partial charge is 0.337 e. The number of aryl methyl sites for hydroxylation is 3. The summed E-state index contributed by atoms with van der Waals surface area (Å²) in [7, 11) is 0. The maximum absolute atomic E-state index is 14.2. The molecule has 0 aliphatic rings. The lowest BCUT2D eigenvalue weighted by Gasteiger charge is -2.20. The number of rotatable bonds is 6. The van der Waals surface area contributed by atoms with Crippen molar-refractivity contribution in [2.75, 3.05) is 11.4 Å². The zero-order chi connectivity index (χ0) is 21.3. The Hall–Kier alpha value is -3.13. The minimum Gasteiger partial charge on any atom is -0.337 e. The number of imidazole rings is 1. The third-order valence-electron chi connectivity index (χ3n) is 4.70. The van der Waals surface area contributed by atoms with E-state index in [4.69, 9.17) is 0 Å². The van der Waals surface area contributed by atoms with Crippen LogP contribution in [-0.4, -0.2) is 27.0 Å². The highest BCUT2D eigenvalue weighted by atomic mass is 32.1. The van der Waals surface area contributed by atoms with Gasteiger partial charge in [-0.25, -0.2) is 18.7 Å². The molecule has 154 valence electrons. The maximum Gasteiger partial charge on any atom is 0.260 e. The Morgan fingerprint density at radius 1 is 1.13 bits per heavy atom. The van der Waals surface area contributed by atoms with Crippen LogP contribution in [0.2, 0.25) is 0 Å². The Labute approximate surface area is 176 Å². The summed E-state index contributed by atoms with van der Waals surface area (Å²) in [4.78, 5) is 23.3. The minimum absolute atomic E-state index is 0.0734. The fraction of sp³-hybridized carbons (Fsp3) is 0.227. The molecule has 5 nitrogen and oxygen atoms in total. The van der Waals surface area contributed by atoms with Crippen LogP contribution in [0.3, 0.4) is 0 Å². The van der Waals surface area contributed by atoms with E-state index >= 15 is 0 Å². The molecule has 0 aliphatic heterocycles. The molecule has 30 heavy (non-hydrogen) atoms. The molecule has 2 aromatic heterocycles. The van der Waals surface area contributed by atoms with Crippen LogP contribution >= 0.6 is 11.3 Å². The zero-order valence-electron chi connectivity index (χ0n) is 16.6. The van der Waals surface area contributed by atoms with Gasteiger partial charge in [-0.15, -0.1) is 0 Å². The van der Waals surface area contributed by atoms with E-state index in [9.17, 15) is 13.6 Å². The van der Waals surface area contributed by atoms with Crippen LogP contribution in [0.5, 0.6) is 0 Å². The third kappa shape index (κ3) is 4.23. The quantitative estimate of drug-likeness (QED) is 0.430. The van der Waals surface area contributed by atoms with Crippen molar-refractivity contribution in [3.05, 3.63) is 77.4 Å². The molecule has 8 heteroatoms. The maximum atomic E-state index is 14.2. The van der Waals surface area contributed by atoms with Gasteiger partial charge in [0.1, 0.15) is 11.3 Å². The summed E-state index contributed by atoms with van der Waals surface area (Å²) < 4.78 is 30.1. The second-order valence-electron chi connectivity index (χ2n) is 7.22. The predicted octanol–water partition coefficient (Wildman–Crippen LogP) is 5.12. The van der Waals surface area contributed by atoms with E-state index in [-0.39, 0.29) is 11.4 Å². The number of benzene rings is 2. The van der Waals surface area contributed by atoms with Gasteiger partial charge in [-0.1, -0.05) is 28.5 Å². The summed E-state index contributed by atoms with van der Waals surface area (Å²) in [6.45, 7) is 4.92. The standard InChI is InChI=1S/C22H20F2N4OS/c1-14-8-15(2)10-16(9-14)21(29)28(6-3-5-27-7-4-25-13-27)22-26-20-18(24)11-17(23)12-19(20)30-22/h4,7-13H,3,5-6H2,1-2H3. The second-order valence-corrected chi connectivity index (χ2v) is 8.23. The lowest BCUT2D eigenvalue weighted by molar-refractivity contribution is 0.0986. The number of hydrogen-bond donors (Lipinski definition) is 0. The third-order valence-corrected chi connectivity index (χ3v) is 5.73. The number of carbonyl (C=O) groups excluding carboxylic acids is 1. The SMILES string of the molecule is Cc1cc(C)cc(C(=O)N(CCCn2ccnc2)c2nc3c(F)cc(F)cc3s2)c1. The number of carbonyl (C=O) groups is 1. The molecule has 4 aromatic rings.